The predicted octanol–water partition coefficient (Wildman–Crippen LogP) is 1.68. The smallest absolute Gasteiger partial charge is 0.174 e. The molecule has 0 saturated carbocycles. The summed E-state index contributed by atoms with van der Waals surface area (Å²) in [6.45, 7) is 1.39. The summed E-state index contributed by atoms with van der Waals surface area (Å²) in [7, 11) is 1.72. The van der Waals surface area contributed by atoms with E-state index in [1.165, 1.54) is 21.7 Å². The second kappa shape index (κ2) is 4.16. The van der Waals surface area contributed by atoms with Crippen LogP contribution >= 0.6 is 11.3 Å². The van der Waals surface area contributed by atoms with Gasteiger partial charge in [0, 0.05) is 23.1 Å². The Morgan fingerprint density at radius 1 is 1.53 bits per heavy atom. The number of aromatic nitrogens is 2. The fourth-order valence-electron chi connectivity index (χ4n) is 2.35. The van der Waals surface area contributed by atoms with E-state index in [9.17, 15) is 0 Å². The number of hydrogen-bond donors (Lipinski definition) is 1. The maximum atomic E-state index is 5.62. The molecule has 3 rings (SSSR count). The molecule has 0 amide bonds. The van der Waals surface area contributed by atoms with Gasteiger partial charge in [-0.25, -0.2) is 0 Å². The lowest BCUT2D eigenvalue weighted by atomic mass is 9.97. The lowest BCUT2D eigenvalue weighted by molar-refractivity contribution is 0.427. The molecule has 1 aliphatic carbocycles. The highest BCUT2D eigenvalue weighted by molar-refractivity contribution is 7.14. The Kier molecular flexibility index (Phi) is 2.64. The van der Waals surface area contributed by atoms with Crippen molar-refractivity contribution in [3.8, 4) is 16.3 Å². The average Bonchev–Trinajstić information content (AvgIpc) is 2.92. The van der Waals surface area contributed by atoms with Gasteiger partial charge in [-0.2, -0.15) is 5.10 Å². The lowest BCUT2D eigenvalue weighted by Crippen LogP contribution is -2.13. The van der Waals surface area contributed by atoms with Crippen molar-refractivity contribution in [1.82, 2.24) is 9.78 Å². The van der Waals surface area contributed by atoms with Crippen LogP contribution in [-0.4, -0.2) is 23.4 Å². The lowest BCUT2D eigenvalue weighted by Gasteiger charge is -2.14. The highest BCUT2D eigenvalue weighted by Gasteiger charge is 2.23. The molecule has 5 heteroatoms. The predicted molar refractivity (Wildman–Crippen MR) is 68.6 cm³/mol. The average molecular weight is 249 g/mol. The molecule has 90 valence electrons. The molecule has 17 heavy (non-hydrogen) atoms. The molecule has 0 fully saturated rings. The van der Waals surface area contributed by atoms with Crippen molar-refractivity contribution in [3.05, 3.63) is 22.7 Å². The Balaban J connectivity index is 2.12. The summed E-state index contributed by atoms with van der Waals surface area (Å²) in [5.74, 6) is 0. The Morgan fingerprint density at radius 2 is 2.41 bits per heavy atom. The quantitative estimate of drug-likeness (QED) is 0.900. The third-order valence-electron chi connectivity index (χ3n) is 3.12. The van der Waals surface area contributed by atoms with Crippen molar-refractivity contribution in [2.75, 3.05) is 13.7 Å². The molecule has 0 bridgehead atoms. The molecule has 2 N–H and O–H groups in total. The van der Waals surface area contributed by atoms with Crippen LogP contribution < -0.4 is 10.5 Å². The first-order valence-corrected chi connectivity index (χ1v) is 6.57. The number of ether oxygens (including phenoxy) is 1. The van der Waals surface area contributed by atoms with Crippen molar-refractivity contribution in [2.45, 2.75) is 19.4 Å². The van der Waals surface area contributed by atoms with Crippen LogP contribution in [0.4, 0.5) is 0 Å². The minimum atomic E-state index is 0.616. The first-order valence-electron chi connectivity index (χ1n) is 5.75. The summed E-state index contributed by atoms with van der Waals surface area (Å²) in [4.78, 5) is 1.40. The molecule has 0 radical (unpaired) electrons. The van der Waals surface area contributed by atoms with Crippen LogP contribution in [0.2, 0.25) is 0 Å². The number of thiophene rings is 1. The molecule has 2 aromatic rings. The minimum absolute atomic E-state index is 0.616. The van der Waals surface area contributed by atoms with Gasteiger partial charge in [-0.15, -0.1) is 11.3 Å². The highest BCUT2D eigenvalue weighted by atomic mass is 32.1. The Bertz CT molecular complexity index is 544. The van der Waals surface area contributed by atoms with Gasteiger partial charge in [-0.05, 0) is 18.4 Å². The van der Waals surface area contributed by atoms with Gasteiger partial charge >= 0.3 is 0 Å². The normalized spacial score (nSPS) is 13.3. The maximum Gasteiger partial charge on any atom is 0.174 e. The van der Waals surface area contributed by atoms with Gasteiger partial charge in [0.15, 0.2) is 5.06 Å². The zero-order valence-corrected chi connectivity index (χ0v) is 10.6. The first kappa shape index (κ1) is 10.8. The van der Waals surface area contributed by atoms with Gasteiger partial charge in [-0.3, -0.25) is 4.68 Å². The van der Waals surface area contributed by atoms with E-state index in [0.29, 0.717) is 6.54 Å². The fraction of sp³-hybridized carbons (Fsp3) is 0.417. The monoisotopic (exact) mass is 249 g/mol. The molecule has 2 heterocycles. The van der Waals surface area contributed by atoms with Crippen molar-refractivity contribution >= 4 is 11.3 Å². The molecule has 0 aliphatic heterocycles. The van der Waals surface area contributed by atoms with Gasteiger partial charge in [0.2, 0.25) is 0 Å². The van der Waals surface area contributed by atoms with E-state index in [4.69, 9.17) is 10.5 Å². The summed E-state index contributed by atoms with van der Waals surface area (Å²) in [6.07, 6.45) is 4.12. The third kappa shape index (κ3) is 1.66. The molecular formula is C12H15N3OS. The van der Waals surface area contributed by atoms with Crippen LogP contribution in [0.15, 0.2) is 12.3 Å². The van der Waals surface area contributed by atoms with Gasteiger partial charge in [-0.1, -0.05) is 0 Å². The minimum Gasteiger partial charge on any atom is -0.487 e. The number of methoxy groups -OCH3 is 1. The number of fused-ring (bicyclic) bond motifs is 3. The van der Waals surface area contributed by atoms with E-state index in [-0.39, 0.29) is 0 Å². The number of rotatable bonds is 3. The Labute approximate surface area is 104 Å². The molecule has 0 aromatic carbocycles. The summed E-state index contributed by atoms with van der Waals surface area (Å²) >= 11 is 1.73. The molecule has 0 saturated heterocycles. The van der Waals surface area contributed by atoms with Crippen molar-refractivity contribution in [3.63, 3.8) is 0 Å². The van der Waals surface area contributed by atoms with Gasteiger partial charge in [0.25, 0.3) is 0 Å². The topological polar surface area (TPSA) is 53.1 Å². The maximum absolute atomic E-state index is 5.62. The second-order valence-corrected chi connectivity index (χ2v) is 5.24. The van der Waals surface area contributed by atoms with E-state index in [1.807, 2.05) is 10.9 Å². The molecule has 0 atom stereocenters. The summed E-state index contributed by atoms with van der Waals surface area (Å²) in [5, 5.41) is 5.40. The molecule has 0 unspecified atom stereocenters. The van der Waals surface area contributed by atoms with Crippen LogP contribution in [0.25, 0.3) is 11.3 Å². The van der Waals surface area contributed by atoms with E-state index in [1.54, 1.807) is 18.4 Å². The van der Waals surface area contributed by atoms with Crippen LogP contribution in [0.3, 0.4) is 0 Å². The largest absolute Gasteiger partial charge is 0.487 e. The van der Waals surface area contributed by atoms with E-state index in [2.05, 4.69) is 11.2 Å². The Hall–Kier alpha value is -1.33. The number of nitrogens with zero attached hydrogens (tertiary/aromatic N) is 2. The Morgan fingerprint density at radius 3 is 3.18 bits per heavy atom. The zero-order chi connectivity index (χ0) is 11.8. The summed E-state index contributed by atoms with van der Waals surface area (Å²) < 4.78 is 7.34. The standard InChI is InChI=1S/C12H15N3OS/c1-16-11-6-9-10(17-11)3-2-8-7-14-15(5-4-13)12(8)9/h6-7H,2-5,13H2,1H3. The highest BCUT2D eigenvalue weighted by Crippen LogP contribution is 2.41. The van der Waals surface area contributed by atoms with Crippen molar-refractivity contribution in [1.29, 1.82) is 0 Å². The van der Waals surface area contributed by atoms with Crippen LogP contribution in [-0.2, 0) is 19.4 Å². The molecule has 2 aromatic heterocycles. The molecule has 1 aliphatic rings. The van der Waals surface area contributed by atoms with E-state index in [0.717, 1.165) is 24.4 Å². The number of aryl methyl sites for hydroxylation is 2. The van der Waals surface area contributed by atoms with E-state index < -0.39 is 0 Å². The van der Waals surface area contributed by atoms with Crippen LogP contribution in [0.5, 0.6) is 5.06 Å². The third-order valence-corrected chi connectivity index (χ3v) is 4.28. The molecule has 0 spiro atoms. The van der Waals surface area contributed by atoms with Gasteiger partial charge < -0.3 is 10.5 Å². The van der Waals surface area contributed by atoms with Crippen molar-refractivity contribution < 1.29 is 4.74 Å². The summed E-state index contributed by atoms with van der Waals surface area (Å²) in [6, 6.07) is 2.12. The number of nitrogens with two attached hydrogens (primary N) is 1. The summed E-state index contributed by atoms with van der Waals surface area (Å²) in [5.41, 5.74) is 9.46. The molecule has 4 nitrogen and oxygen atoms in total. The van der Waals surface area contributed by atoms with Crippen molar-refractivity contribution in [2.24, 2.45) is 5.73 Å². The molecular weight excluding hydrogens is 234 g/mol. The fourth-order valence-corrected chi connectivity index (χ4v) is 3.32. The second-order valence-electron chi connectivity index (χ2n) is 4.14. The zero-order valence-electron chi connectivity index (χ0n) is 9.77. The van der Waals surface area contributed by atoms with E-state index >= 15 is 0 Å². The van der Waals surface area contributed by atoms with Gasteiger partial charge in [0.05, 0.1) is 25.5 Å². The van der Waals surface area contributed by atoms with Crippen LogP contribution in [0.1, 0.15) is 10.4 Å². The SMILES string of the molecule is COc1cc2c(s1)CCc1cnn(CCN)c1-2. The first-order chi connectivity index (χ1) is 8.33. The van der Waals surface area contributed by atoms with Crippen LogP contribution in [0, 0.1) is 0 Å². The van der Waals surface area contributed by atoms with Gasteiger partial charge in [0.1, 0.15) is 0 Å². The number of hydrogen-bond acceptors (Lipinski definition) is 4.